The molecule has 3 rings (SSSR count). The fourth-order valence-electron chi connectivity index (χ4n) is 2.27. The van der Waals surface area contributed by atoms with Gasteiger partial charge in [-0.15, -0.1) is 0 Å². The van der Waals surface area contributed by atoms with Gasteiger partial charge in [-0.1, -0.05) is 40.9 Å². The monoisotopic (exact) mass is 389 g/mol. The number of aromatic hydroxyl groups is 1. The maximum Gasteiger partial charge on any atom is 0.294 e. The van der Waals surface area contributed by atoms with E-state index in [1.807, 2.05) is 6.92 Å². The molecule has 1 aliphatic heterocycles. The molecule has 0 saturated carbocycles. The van der Waals surface area contributed by atoms with Gasteiger partial charge in [-0.05, 0) is 49.2 Å². The minimum absolute atomic E-state index is 0.00369. The summed E-state index contributed by atoms with van der Waals surface area (Å²) in [6.45, 7) is 3.51. The van der Waals surface area contributed by atoms with Crippen LogP contribution in [0, 0.1) is 6.92 Å². The van der Waals surface area contributed by atoms with Crippen LogP contribution in [0.1, 0.15) is 16.7 Å². The highest BCUT2D eigenvalue weighted by Gasteiger charge is 2.17. The number of hydrogen-bond acceptors (Lipinski definition) is 4. The molecule has 5 nitrogen and oxygen atoms in total. The van der Waals surface area contributed by atoms with Crippen molar-refractivity contribution in [3.63, 3.8) is 0 Å². The molecule has 0 saturated heterocycles. The largest absolute Gasteiger partial charge is 0.505 e. The van der Waals surface area contributed by atoms with Crippen LogP contribution >= 0.6 is 23.2 Å². The number of halogens is 2. The zero-order chi connectivity index (χ0) is 17.9. The molecule has 1 aliphatic rings. The lowest BCUT2D eigenvalue weighted by Crippen LogP contribution is -2.23. The summed E-state index contributed by atoms with van der Waals surface area (Å²) in [7, 11) is -4.02. The number of nitrogens with one attached hydrogen (secondary N) is 1. The Hall–Kier alpha value is -1.31. The molecule has 1 heterocycles. The lowest BCUT2D eigenvalue weighted by molar-refractivity contribution is 0.473. The Bertz CT molecular complexity index is 836. The van der Waals surface area contributed by atoms with Crippen LogP contribution in [-0.2, 0) is 23.1 Å². The van der Waals surface area contributed by atoms with Crippen LogP contribution in [0.4, 0.5) is 0 Å². The predicted octanol–water partition coefficient (Wildman–Crippen LogP) is 3.59. The molecule has 8 heteroatoms. The summed E-state index contributed by atoms with van der Waals surface area (Å²) in [4.78, 5) is -0.0666. The summed E-state index contributed by atoms with van der Waals surface area (Å²) in [5, 5.41) is 13.4. The Labute approximate surface area is 151 Å². The maximum absolute atomic E-state index is 10.5. The molecule has 0 aliphatic carbocycles. The van der Waals surface area contributed by atoms with E-state index in [2.05, 4.69) is 5.32 Å². The summed E-state index contributed by atoms with van der Waals surface area (Å²) in [5.74, 6) is 0.00369. The Kier molecular flexibility index (Phi) is 6.11. The molecular weight excluding hydrogens is 373 g/mol. The molecule has 2 aromatic carbocycles. The van der Waals surface area contributed by atoms with E-state index in [9.17, 15) is 13.5 Å². The minimum atomic E-state index is -4.02. The predicted molar refractivity (Wildman–Crippen MR) is 94.5 cm³/mol. The molecule has 2 aromatic rings. The van der Waals surface area contributed by atoms with Crippen molar-refractivity contribution in [1.29, 1.82) is 0 Å². The van der Waals surface area contributed by atoms with Crippen molar-refractivity contribution in [2.45, 2.75) is 24.8 Å². The van der Waals surface area contributed by atoms with E-state index < -0.39 is 10.1 Å². The number of aryl methyl sites for hydroxylation is 1. The molecule has 0 aromatic heterocycles. The van der Waals surface area contributed by atoms with Gasteiger partial charge in [-0.25, -0.2) is 0 Å². The van der Waals surface area contributed by atoms with Crippen LogP contribution in [0.15, 0.2) is 35.2 Å². The van der Waals surface area contributed by atoms with E-state index in [1.165, 1.54) is 12.1 Å². The Morgan fingerprint density at radius 3 is 2.38 bits per heavy atom. The molecule has 3 N–H and O–H groups in total. The highest BCUT2D eigenvalue weighted by Crippen LogP contribution is 2.37. The van der Waals surface area contributed by atoms with E-state index >= 15 is 0 Å². The zero-order valence-corrected chi connectivity index (χ0v) is 15.2. The van der Waals surface area contributed by atoms with E-state index in [-0.39, 0.29) is 10.6 Å². The van der Waals surface area contributed by atoms with Gasteiger partial charge in [-0.2, -0.15) is 8.42 Å². The van der Waals surface area contributed by atoms with Gasteiger partial charge in [0.25, 0.3) is 10.1 Å². The smallest absolute Gasteiger partial charge is 0.294 e. The molecule has 0 amide bonds. The quantitative estimate of drug-likeness (QED) is 0.648. The first-order chi connectivity index (χ1) is 11.2. The summed E-state index contributed by atoms with van der Waals surface area (Å²) in [5.41, 5.74) is 3.05. The number of rotatable bonds is 1. The second-order valence-electron chi connectivity index (χ2n) is 5.37. The van der Waals surface area contributed by atoms with Gasteiger partial charge in [0.1, 0.15) is 0 Å². The van der Waals surface area contributed by atoms with Crippen LogP contribution in [0.3, 0.4) is 0 Å². The van der Waals surface area contributed by atoms with Crippen LogP contribution in [0.25, 0.3) is 0 Å². The third-order valence-electron chi connectivity index (χ3n) is 3.57. The van der Waals surface area contributed by atoms with Gasteiger partial charge >= 0.3 is 0 Å². The van der Waals surface area contributed by atoms with Crippen LogP contribution < -0.4 is 5.32 Å². The van der Waals surface area contributed by atoms with Crippen molar-refractivity contribution in [2.24, 2.45) is 0 Å². The summed E-state index contributed by atoms with van der Waals surface area (Å²) in [6, 6.07) is 7.76. The first-order valence-corrected chi connectivity index (χ1v) is 9.33. The Morgan fingerprint density at radius 2 is 1.79 bits per heavy atom. The van der Waals surface area contributed by atoms with Crippen molar-refractivity contribution >= 4 is 33.3 Å². The van der Waals surface area contributed by atoms with Crippen LogP contribution in [0.2, 0.25) is 10.0 Å². The normalized spacial score (nSPS) is 13.7. The number of fused-ring (bicyclic) bond motifs is 1. The first-order valence-electron chi connectivity index (χ1n) is 7.13. The van der Waals surface area contributed by atoms with Crippen molar-refractivity contribution in [2.75, 3.05) is 6.54 Å². The third kappa shape index (κ3) is 4.62. The molecule has 0 radical (unpaired) electrons. The van der Waals surface area contributed by atoms with Crippen LogP contribution in [-0.4, -0.2) is 24.6 Å². The van der Waals surface area contributed by atoms with Crippen molar-refractivity contribution < 1.29 is 18.1 Å². The van der Waals surface area contributed by atoms with Gasteiger partial charge < -0.3 is 10.4 Å². The molecular formula is C16H17Cl2NO4S. The summed E-state index contributed by atoms with van der Waals surface area (Å²) < 4.78 is 29.6. The van der Waals surface area contributed by atoms with E-state index in [0.717, 1.165) is 36.2 Å². The number of phenols is 1. The van der Waals surface area contributed by atoms with Crippen molar-refractivity contribution in [1.82, 2.24) is 5.32 Å². The summed E-state index contributed by atoms with van der Waals surface area (Å²) >= 11 is 11.7. The standard InChI is InChI=1S/C9H9Cl2NO.C7H8O3S/c10-7-3-5-4-12-2-1-6(5)8(11)9(7)13;1-6-2-4-7(5-3-6)11(8,9)10/h3,12-13H,1-2,4H2;2-5H,1H3,(H,8,9,10). The lowest BCUT2D eigenvalue weighted by atomic mass is 10.0. The second kappa shape index (κ2) is 7.72. The van der Waals surface area contributed by atoms with Gasteiger partial charge in [0, 0.05) is 6.54 Å². The van der Waals surface area contributed by atoms with Crippen LogP contribution in [0.5, 0.6) is 5.75 Å². The van der Waals surface area contributed by atoms with Gasteiger partial charge in [0.15, 0.2) is 5.75 Å². The Morgan fingerprint density at radius 1 is 1.17 bits per heavy atom. The molecule has 0 spiro atoms. The zero-order valence-electron chi connectivity index (χ0n) is 12.9. The maximum atomic E-state index is 10.5. The Balaban J connectivity index is 0.000000177. The molecule has 0 unspecified atom stereocenters. The minimum Gasteiger partial charge on any atom is -0.505 e. The number of hydrogen-bond donors (Lipinski definition) is 3. The lowest BCUT2D eigenvalue weighted by Gasteiger charge is -2.19. The number of phenolic OH excluding ortho intramolecular Hbond substituents is 1. The average Bonchev–Trinajstić information content (AvgIpc) is 2.53. The fourth-order valence-corrected chi connectivity index (χ4v) is 3.34. The van der Waals surface area contributed by atoms with Gasteiger partial charge in [0.05, 0.1) is 14.9 Å². The fraction of sp³-hybridized carbons (Fsp3) is 0.250. The summed E-state index contributed by atoms with van der Waals surface area (Å²) in [6.07, 6.45) is 0.846. The SMILES string of the molecule is Cc1ccc(S(=O)(=O)O)cc1.Oc1c(Cl)cc2c(c1Cl)CCNC2. The van der Waals surface area contributed by atoms with Crippen molar-refractivity contribution in [3.05, 3.63) is 57.1 Å². The van der Waals surface area contributed by atoms with Crippen molar-refractivity contribution in [3.8, 4) is 5.75 Å². The highest BCUT2D eigenvalue weighted by atomic mass is 35.5. The average molecular weight is 390 g/mol. The molecule has 0 atom stereocenters. The molecule has 0 bridgehead atoms. The first kappa shape index (κ1) is 19.0. The second-order valence-corrected chi connectivity index (χ2v) is 7.58. The molecule has 130 valence electrons. The third-order valence-corrected chi connectivity index (χ3v) is 5.14. The molecule has 0 fully saturated rings. The van der Waals surface area contributed by atoms with Gasteiger partial charge in [0.2, 0.25) is 0 Å². The van der Waals surface area contributed by atoms with E-state index in [1.54, 1.807) is 18.2 Å². The topological polar surface area (TPSA) is 86.6 Å². The number of benzene rings is 2. The van der Waals surface area contributed by atoms with Gasteiger partial charge in [-0.3, -0.25) is 4.55 Å². The van der Waals surface area contributed by atoms with E-state index in [0.29, 0.717) is 10.0 Å². The highest BCUT2D eigenvalue weighted by molar-refractivity contribution is 7.85. The van der Waals surface area contributed by atoms with E-state index in [4.69, 9.17) is 27.8 Å². The molecule has 24 heavy (non-hydrogen) atoms.